The van der Waals surface area contributed by atoms with Crippen LogP contribution in [0.3, 0.4) is 0 Å². The first-order valence-electron chi connectivity index (χ1n) is 11.7. The summed E-state index contributed by atoms with van der Waals surface area (Å²) < 4.78 is 0. The molecule has 5 rings (SSSR count). The van der Waals surface area contributed by atoms with Crippen molar-refractivity contribution in [3.8, 4) is 0 Å². The van der Waals surface area contributed by atoms with Crippen molar-refractivity contribution in [2.45, 2.75) is 18.4 Å². The maximum atomic E-state index is 13.2. The van der Waals surface area contributed by atoms with Crippen molar-refractivity contribution in [1.29, 1.82) is 0 Å². The Bertz CT molecular complexity index is 1420. The highest BCUT2D eigenvalue weighted by Gasteiger charge is 2.49. The van der Waals surface area contributed by atoms with Crippen LogP contribution in [-0.4, -0.2) is 79.4 Å². The van der Waals surface area contributed by atoms with Crippen LogP contribution in [0.15, 0.2) is 43.5 Å². The topological polar surface area (TPSA) is 263 Å². The number of rotatable bonds is 4. The number of guanidine groups is 1. The van der Waals surface area contributed by atoms with E-state index in [1.165, 1.54) is 10.0 Å². The molecule has 2 aromatic heterocycles. The molecule has 0 atom stereocenters. The number of nitrogens with zero attached hydrogens (tertiary/aromatic N) is 10. The Morgan fingerprint density at radius 2 is 1.79 bits per heavy atom. The predicted molar refractivity (Wildman–Crippen MR) is 139 cm³/mol. The highest BCUT2D eigenvalue weighted by atomic mass is 35.5. The third kappa shape index (κ3) is 4.71. The van der Waals surface area contributed by atoms with Gasteiger partial charge in [0, 0.05) is 37.0 Å². The van der Waals surface area contributed by atoms with Gasteiger partial charge >= 0.3 is 5.91 Å². The number of nitrogens with two attached hydrogens (primary N) is 4. The van der Waals surface area contributed by atoms with Gasteiger partial charge in [0.15, 0.2) is 10.8 Å². The number of carbonyl (C=O) groups excluding carboxylic acids is 2. The number of amides is 2. The minimum Gasteiger partial charge on any atom is -0.367 e. The van der Waals surface area contributed by atoms with E-state index in [-0.39, 0.29) is 40.9 Å². The van der Waals surface area contributed by atoms with E-state index in [1.807, 2.05) is 18.3 Å². The van der Waals surface area contributed by atoms with Crippen LogP contribution in [0.5, 0.6) is 0 Å². The number of fused-ring (bicyclic) bond motifs is 1. The van der Waals surface area contributed by atoms with Gasteiger partial charge in [0.1, 0.15) is 5.82 Å². The molecular formula is C20H25ClN16O2. The van der Waals surface area contributed by atoms with Crippen molar-refractivity contribution >= 4 is 52.9 Å². The number of hydrazine groups is 2. The van der Waals surface area contributed by atoms with E-state index in [2.05, 4.69) is 45.9 Å². The van der Waals surface area contributed by atoms with E-state index >= 15 is 0 Å². The Hall–Kier alpha value is -4.68. The van der Waals surface area contributed by atoms with Gasteiger partial charge in [-0.1, -0.05) is 22.0 Å². The summed E-state index contributed by atoms with van der Waals surface area (Å²) in [4.78, 5) is 43.0. The van der Waals surface area contributed by atoms with Crippen molar-refractivity contribution in [1.82, 2.24) is 29.9 Å². The molecule has 18 nitrogen and oxygen atoms in total. The Balaban J connectivity index is 1.32. The first kappa shape index (κ1) is 25.9. The van der Waals surface area contributed by atoms with Gasteiger partial charge in [0.25, 0.3) is 5.91 Å². The predicted octanol–water partition coefficient (Wildman–Crippen LogP) is 0.104. The molecule has 0 unspecified atom stereocenters. The minimum atomic E-state index is -0.894. The molecule has 5 heterocycles. The Labute approximate surface area is 225 Å². The van der Waals surface area contributed by atoms with Crippen LogP contribution in [0.2, 0.25) is 5.15 Å². The molecule has 0 bridgehead atoms. The molecule has 0 aromatic carbocycles. The van der Waals surface area contributed by atoms with Gasteiger partial charge in [-0.2, -0.15) is 4.99 Å². The van der Waals surface area contributed by atoms with Crippen LogP contribution in [0, 0.1) is 0 Å². The van der Waals surface area contributed by atoms with Crippen molar-refractivity contribution in [3.05, 3.63) is 34.2 Å². The molecular weight excluding hydrogens is 532 g/mol. The second-order valence-corrected chi connectivity index (χ2v) is 9.36. The molecule has 2 amide bonds. The second kappa shape index (κ2) is 10.2. The summed E-state index contributed by atoms with van der Waals surface area (Å²) in [5.41, 5.74) is 0.602. The van der Waals surface area contributed by atoms with E-state index in [1.54, 1.807) is 4.90 Å². The fraction of sp³-hybridized carbons (Fsp3) is 0.350. The molecule has 2 aromatic rings. The van der Waals surface area contributed by atoms with Gasteiger partial charge in [0.2, 0.25) is 17.6 Å². The lowest BCUT2D eigenvalue weighted by Crippen LogP contribution is -2.58. The van der Waals surface area contributed by atoms with Crippen LogP contribution in [0.4, 0.5) is 17.5 Å². The normalized spacial score (nSPS) is 19.7. The molecule has 1 spiro atoms. The lowest BCUT2D eigenvalue weighted by Gasteiger charge is -2.42. The number of hydrogen-bond donors (Lipinski definition) is 6. The summed E-state index contributed by atoms with van der Waals surface area (Å²) in [6.45, 7) is 1.60. The Morgan fingerprint density at radius 3 is 2.51 bits per heavy atom. The number of carbonyl (C=O) groups is 2. The molecule has 2 saturated heterocycles. The maximum absolute atomic E-state index is 13.2. The molecule has 0 aliphatic carbocycles. The second-order valence-electron chi connectivity index (χ2n) is 9.00. The van der Waals surface area contributed by atoms with Crippen molar-refractivity contribution in [2.24, 2.45) is 49.0 Å². The number of halogens is 1. The summed E-state index contributed by atoms with van der Waals surface area (Å²) >= 11 is 6.03. The number of anilines is 1. The van der Waals surface area contributed by atoms with Crippen LogP contribution in [-0.2, 0) is 4.79 Å². The zero-order valence-electron chi connectivity index (χ0n) is 20.5. The third-order valence-electron chi connectivity index (χ3n) is 6.80. The van der Waals surface area contributed by atoms with Gasteiger partial charge in [0.05, 0.1) is 12.1 Å². The summed E-state index contributed by atoms with van der Waals surface area (Å²) in [5.74, 6) is 22.2. The summed E-state index contributed by atoms with van der Waals surface area (Å²) in [6.07, 6.45) is 4.71. The van der Waals surface area contributed by atoms with Gasteiger partial charge in [-0.15, -0.1) is 10.2 Å². The average Bonchev–Trinajstić information content (AvgIpc) is 3.48. The summed E-state index contributed by atoms with van der Waals surface area (Å²) in [7, 11) is 0. The van der Waals surface area contributed by atoms with Crippen LogP contribution >= 0.6 is 11.6 Å². The van der Waals surface area contributed by atoms with Crippen molar-refractivity contribution in [2.75, 3.05) is 31.5 Å². The van der Waals surface area contributed by atoms with Crippen molar-refractivity contribution < 1.29 is 9.59 Å². The number of hydrogen-bond acceptors (Lipinski definition) is 11. The first-order chi connectivity index (χ1) is 18.8. The zero-order valence-corrected chi connectivity index (χ0v) is 21.2. The van der Waals surface area contributed by atoms with Gasteiger partial charge < -0.3 is 26.9 Å². The summed E-state index contributed by atoms with van der Waals surface area (Å²) in [6, 6.07) is 1.91. The lowest BCUT2D eigenvalue weighted by atomic mass is 9.87. The number of nitrogens with one attached hydrogen (secondary N) is 2. The highest BCUT2D eigenvalue weighted by molar-refractivity contribution is 6.31. The molecule has 39 heavy (non-hydrogen) atoms. The molecule has 10 N–H and O–H groups in total. The molecule has 3 aliphatic heterocycles. The Kier molecular flexibility index (Phi) is 6.81. The van der Waals surface area contributed by atoms with E-state index in [4.69, 9.17) is 35.0 Å². The van der Waals surface area contributed by atoms with Gasteiger partial charge in [-0.25, -0.2) is 21.7 Å². The standard InChI is InChI=1S/C20H25ClN16O2/c21-13-16(32-34-23)29-15(31-33-22)12(28-13)17(38)30-19-36(24)9-20(37(19)25)2-5-35(6-3-20)18(39)11-7-10-1-4-26-14(10)27-8-11/h1,4,7,26-27H,2-3,5-6,8-9,24-25H2,(H4,22,23,29,31,32)/b30-19+. The van der Waals surface area contributed by atoms with E-state index in [0.717, 1.165) is 11.4 Å². The molecule has 19 heteroatoms. The molecule has 0 radical (unpaired) electrons. The van der Waals surface area contributed by atoms with E-state index in [9.17, 15) is 9.59 Å². The zero-order chi connectivity index (χ0) is 27.7. The molecule has 3 aliphatic rings. The van der Waals surface area contributed by atoms with Crippen LogP contribution in [0.25, 0.3) is 6.08 Å². The lowest BCUT2D eigenvalue weighted by molar-refractivity contribution is -0.129. The van der Waals surface area contributed by atoms with Crippen LogP contribution in [0.1, 0.15) is 28.9 Å². The molecule has 204 valence electrons. The number of aromatic amines is 1. The fourth-order valence-electron chi connectivity index (χ4n) is 4.80. The number of aliphatic imine (C=N–C) groups is 1. The number of aromatic nitrogens is 3. The summed E-state index contributed by atoms with van der Waals surface area (Å²) in [5, 5.41) is 18.9. The molecule has 2 fully saturated rings. The number of H-pyrrole nitrogens is 1. The monoisotopic (exact) mass is 556 g/mol. The van der Waals surface area contributed by atoms with Gasteiger partial charge in [-0.3, -0.25) is 19.6 Å². The first-order valence-corrected chi connectivity index (χ1v) is 12.0. The Morgan fingerprint density at radius 1 is 1.08 bits per heavy atom. The molecule has 0 saturated carbocycles. The highest BCUT2D eigenvalue weighted by Crippen LogP contribution is 2.34. The van der Waals surface area contributed by atoms with E-state index in [0.29, 0.717) is 38.0 Å². The average molecular weight is 557 g/mol. The minimum absolute atomic E-state index is 0.00163. The quantitative estimate of drug-likeness (QED) is 0.167. The fourth-order valence-corrected chi connectivity index (χ4v) is 4.97. The van der Waals surface area contributed by atoms with E-state index < -0.39 is 11.4 Å². The maximum Gasteiger partial charge on any atom is 0.302 e. The largest absolute Gasteiger partial charge is 0.367 e. The third-order valence-corrected chi connectivity index (χ3v) is 7.05. The number of piperidine rings is 1. The van der Waals surface area contributed by atoms with Crippen molar-refractivity contribution in [3.63, 3.8) is 0 Å². The smallest absolute Gasteiger partial charge is 0.302 e. The van der Waals surface area contributed by atoms with Gasteiger partial charge in [-0.05, 0) is 25.0 Å². The SMILES string of the molecule is NN=Nc1nc(N=NN)c(C(=O)/N=C2\N(N)CC3(CCN(C(=O)C4=Cc5cc[nH]c5NC4)CC3)N2N)nc1Cl. The van der Waals surface area contributed by atoms with Crippen LogP contribution < -0.4 is 28.7 Å². The number of likely N-dealkylation sites (tertiary alicyclic amines) is 1.